The van der Waals surface area contributed by atoms with Gasteiger partial charge in [0.2, 0.25) is 0 Å². The Kier molecular flexibility index (Phi) is 4.00. The topological polar surface area (TPSA) is 0 Å². The maximum Gasteiger partial charge on any atom is 0.0349 e. The van der Waals surface area contributed by atoms with E-state index >= 15 is 0 Å². The van der Waals surface area contributed by atoms with Crippen LogP contribution >= 0.6 is 31.9 Å². The minimum atomic E-state index is 0.761. The molecule has 0 aromatic heterocycles. The van der Waals surface area contributed by atoms with E-state index in [4.69, 9.17) is 0 Å². The van der Waals surface area contributed by atoms with Gasteiger partial charge in [0.05, 0.1) is 0 Å². The van der Waals surface area contributed by atoms with Gasteiger partial charge in [0.15, 0.2) is 0 Å². The lowest BCUT2D eigenvalue weighted by Gasteiger charge is -2.11. The average molecular weight is 308 g/mol. The molecule has 0 saturated heterocycles. The SMILES string of the molecule is CCC([SiH3])c1cccc(Br)c1Br. The first-order valence-corrected chi connectivity index (χ1v) is 6.84. The molecule has 0 N–H and O–H groups in total. The van der Waals surface area contributed by atoms with Crippen LogP contribution in [0.3, 0.4) is 0 Å². The molecule has 0 heterocycles. The van der Waals surface area contributed by atoms with Crippen LogP contribution in [0.2, 0.25) is 0 Å². The highest BCUT2D eigenvalue weighted by molar-refractivity contribution is 9.13. The second-order valence-electron chi connectivity index (χ2n) is 2.95. The summed E-state index contributed by atoms with van der Waals surface area (Å²) in [4.78, 5) is 0. The molecule has 0 aliphatic carbocycles. The van der Waals surface area contributed by atoms with Gasteiger partial charge in [-0.05, 0) is 49.0 Å². The summed E-state index contributed by atoms with van der Waals surface area (Å²) in [6.07, 6.45) is 1.24. The van der Waals surface area contributed by atoms with Gasteiger partial charge in [-0.25, -0.2) is 0 Å². The first kappa shape index (κ1) is 10.5. The summed E-state index contributed by atoms with van der Waals surface area (Å²) in [5, 5.41) is 0. The van der Waals surface area contributed by atoms with E-state index < -0.39 is 0 Å². The Labute approximate surface area is 93.4 Å². The fourth-order valence-electron chi connectivity index (χ4n) is 1.12. The number of rotatable bonds is 2. The molecular weight excluding hydrogens is 296 g/mol. The van der Waals surface area contributed by atoms with Crippen molar-refractivity contribution in [2.75, 3.05) is 0 Å². The van der Waals surface area contributed by atoms with Gasteiger partial charge in [-0.2, -0.15) is 0 Å². The Morgan fingerprint density at radius 3 is 2.67 bits per heavy atom. The highest BCUT2D eigenvalue weighted by Crippen LogP contribution is 2.31. The maximum atomic E-state index is 3.60. The molecule has 66 valence electrons. The maximum absolute atomic E-state index is 3.60. The normalized spacial score (nSPS) is 13.2. The van der Waals surface area contributed by atoms with Crippen molar-refractivity contribution in [1.82, 2.24) is 0 Å². The second-order valence-corrected chi connectivity index (χ2v) is 5.99. The molecule has 1 aromatic carbocycles. The number of hydrogen-bond donors (Lipinski definition) is 0. The van der Waals surface area contributed by atoms with Crippen LogP contribution in [-0.2, 0) is 0 Å². The van der Waals surface area contributed by atoms with Gasteiger partial charge in [0.25, 0.3) is 0 Å². The van der Waals surface area contributed by atoms with Crippen LogP contribution in [0.5, 0.6) is 0 Å². The van der Waals surface area contributed by atoms with Crippen molar-refractivity contribution >= 4 is 42.1 Å². The van der Waals surface area contributed by atoms with Crippen molar-refractivity contribution < 1.29 is 0 Å². The third-order valence-corrected chi connectivity index (χ3v) is 5.64. The molecule has 0 nitrogen and oxygen atoms in total. The average Bonchev–Trinajstić information content (AvgIpc) is 2.08. The van der Waals surface area contributed by atoms with E-state index in [1.165, 1.54) is 26.7 Å². The smallest absolute Gasteiger partial charge is 0.0349 e. The third kappa shape index (κ3) is 2.21. The van der Waals surface area contributed by atoms with Crippen molar-refractivity contribution in [2.45, 2.75) is 18.9 Å². The molecule has 1 atom stereocenters. The zero-order valence-electron chi connectivity index (χ0n) is 7.27. The van der Waals surface area contributed by atoms with E-state index in [1.54, 1.807) is 0 Å². The largest absolute Gasteiger partial charge is 0.0651 e. The summed E-state index contributed by atoms with van der Waals surface area (Å²) in [5.74, 6) is 0. The van der Waals surface area contributed by atoms with Gasteiger partial charge >= 0.3 is 0 Å². The standard InChI is InChI=1S/C9H12Br2Si/c1-2-8(12)6-4-3-5-7(10)9(6)11/h3-5,8H,2H2,1,12H3. The summed E-state index contributed by atoms with van der Waals surface area (Å²) in [7, 11) is 1.22. The highest BCUT2D eigenvalue weighted by atomic mass is 79.9. The van der Waals surface area contributed by atoms with Gasteiger partial charge in [0.1, 0.15) is 0 Å². The molecule has 0 saturated carbocycles. The predicted molar refractivity (Wildman–Crippen MR) is 64.8 cm³/mol. The zero-order valence-corrected chi connectivity index (χ0v) is 12.4. The van der Waals surface area contributed by atoms with Crippen LogP contribution in [0.1, 0.15) is 24.4 Å². The summed E-state index contributed by atoms with van der Waals surface area (Å²) in [6.45, 7) is 2.24. The van der Waals surface area contributed by atoms with Crippen molar-refractivity contribution in [3.8, 4) is 0 Å². The second kappa shape index (κ2) is 4.58. The Bertz CT molecular complexity index is 273. The summed E-state index contributed by atoms with van der Waals surface area (Å²) < 4.78 is 2.39. The monoisotopic (exact) mass is 306 g/mol. The Balaban J connectivity index is 3.07. The summed E-state index contributed by atoms with van der Waals surface area (Å²) >= 11 is 7.11. The summed E-state index contributed by atoms with van der Waals surface area (Å²) in [6, 6.07) is 6.37. The molecule has 1 aromatic rings. The Morgan fingerprint density at radius 2 is 2.08 bits per heavy atom. The molecule has 3 heteroatoms. The molecule has 0 aliphatic rings. The van der Waals surface area contributed by atoms with Crippen LogP contribution in [-0.4, -0.2) is 10.2 Å². The fourth-order valence-corrected chi connectivity index (χ4v) is 3.06. The van der Waals surface area contributed by atoms with Crippen molar-refractivity contribution in [1.29, 1.82) is 0 Å². The minimum Gasteiger partial charge on any atom is -0.0651 e. The lowest BCUT2D eigenvalue weighted by Crippen LogP contribution is -1.97. The number of benzene rings is 1. The van der Waals surface area contributed by atoms with Crippen LogP contribution < -0.4 is 0 Å². The highest BCUT2D eigenvalue weighted by Gasteiger charge is 2.08. The Hall–Kier alpha value is 0.397. The van der Waals surface area contributed by atoms with E-state index in [1.807, 2.05) is 0 Å². The van der Waals surface area contributed by atoms with Crippen LogP contribution in [0.25, 0.3) is 0 Å². The predicted octanol–water partition coefficient (Wildman–Crippen LogP) is 3.03. The van der Waals surface area contributed by atoms with Crippen molar-refractivity contribution in [3.63, 3.8) is 0 Å². The van der Waals surface area contributed by atoms with Crippen LogP contribution in [0.4, 0.5) is 0 Å². The molecule has 0 fully saturated rings. The number of hydrogen-bond acceptors (Lipinski definition) is 0. The molecule has 0 bridgehead atoms. The molecule has 1 rings (SSSR count). The molecule has 0 spiro atoms. The molecular formula is C9H12Br2Si. The lowest BCUT2D eigenvalue weighted by molar-refractivity contribution is 0.877. The first-order valence-electron chi connectivity index (χ1n) is 4.10. The van der Waals surface area contributed by atoms with E-state index in [2.05, 4.69) is 57.0 Å². The Morgan fingerprint density at radius 1 is 1.42 bits per heavy atom. The third-order valence-electron chi connectivity index (χ3n) is 2.12. The zero-order chi connectivity index (χ0) is 9.14. The minimum absolute atomic E-state index is 0.761. The van der Waals surface area contributed by atoms with Gasteiger partial charge < -0.3 is 0 Å². The van der Waals surface area contributed by atoms with Gasteiger partial charge in [-0.3, -0.25) is 0 Å². The summed E-state index contributed by atoms with van der Waals surface area (Å²) in [5.41, 5.74) is 2.20. The van der Waals surface area contributed by atoms with Crippen LogP contribution in [0, 0.1) is 0 Å². The molecule has 0 amide bonds. The molecule has 1 unspecified atom stereocenters. The molecule has 0 aliphatic heterocycles. The van der Waals surface area contributed by atoms with Gasteiger partial charge in [-0.1, -0.05) is 25.5 Å². The molecule has 12 heavy (non-hydrogen) atoms. The van der Waals surface area contributed by atoms with Crippen LogP contribution in [0.15, 0.2) is 27.1 Å². The van der Waals surface area contributed by atoms with Crippen molar-refractivity contribution in [3.05, 3.63) is 32.7 Å². The van der Waals surface area contributed by atoms with E-state index in [0.717, 1.165) is 10.0 Å². The molecule has 0 radical (unpaired) electrons. The van der Waals surface area contributed by atoms with Gasteiger partial charge in [0, 0.05) is 19.2 Å². The fraction of sp³-hybridized carbons (Fsp3) is 0.333. The number of halogens is 2. The quantitative estimate of drug-likeness (QED) is 0.737. The van der Waals surface area contributed by atoms with E-state index in [-0.39, 0.29) is 0 Å². The first-order chi connectivity index (χ1) is 5.66. The van der Waals surface area contributed by atoms with E-state index in [9.17, 15) is 0 Å². The van der Waals surface area contributed by atoms with Gasteiger partial charge in [-0.15, -0.1) is 0 Å². The van der Waals surface area contributed by atoms with E-state index in [0.29, 0.717) is 0 Å². The lowest BCUT2D eigenvalue weighted by atomic mass is 10.1. The van der Waals surface area contributed by atoms with Crippen molar-refractivity contribution in [2.24, 2.45) is 0 Å².